The smallest absolute Gasteiger partial charge is 0.239 e. The van der Waals surface area contributed by atoms with Crippen LogP contribution in [0.2, 0.25) is 0 Å². The molecule has 0 saturated carbocycles. The summed E-state index contributed by atoms with van der Waals surface area (Å²) in [4.78, 5) is 13.8. The van der Waals surface area contributed by atoms with Gasteiger partial charge in [0.2, 0.25) is 5.91 Å². The Bertz CT molecular complexity index is 460. The van der Waals surface area contributed by atoms with Gasteiger partial charge >= 0.3 is 0 Å². The van der Waals surface area contributed by atoms with Gasteiger partial charge in [-0.15, -0.1) is 0 Å². The number of anilines is 1. The zero-order chi connectivity index (χ0) is 13.8. The molecular weight excluding hydrogens is 242 g/mol. The molecule has 19 heavy (non-hydrogen) atoms. The van der Waals surface area contributed by atoms with Crippen molar-refractivity contribution in [3.8, 4) is 5.75 Å². The predicted molar refractivity (Wildman–Crippen MR) is 75.4 cm³/mol. The molecule has 0 aliphatic carbocycles. The Labute approximate surface area is 113 Å². The highest BCUT2D eigenvalue weighted by molar-refractivity contribution is 5.82. The summed E-state index contributed by atoms with van der Waals surface area (Å²) in [5.74, 6) is 0.827. The minimum absolute atomic E-state index is 0.0518. The molecule has 5 nitrogen and oxygen atoms in total. The largest absolute Gasteiger partial charge is 0.496 e. The highest BCUT2D eigenvalue weighted by Gasteiger charge is 2.21. The number of nitrogens with zero attached hydrogens (tertiary/aromatic N) is 1. The zero-order valence-corrected chi connectivity index (χ0v) is 11.5. The van der Waals surface area contributed by atoms with Gasteiger partial charge in [0.15, 0.2) is 0 Å². The Morgan fingerprint density at radius 1 is 1.47 bits per heavy atom. The fourth-order valence-electron chi connectivity index (χ4n) is 2.46. The monoisotopic (exact) mass is 263 g/mol. The van der Waals surface area contributed by atoms with Crippen molar-refractivity contribution in [1.82, 2.24) is 5.32 Å². The number of amides is 1. The molecule has 1 aliphatic heterocycles. The lowest BCUT2D eigenvalue weighted by molar-refractivity contribution is -0.119. The first kappa shape index (κ1) is 13.7. The highest BCUT2D eigenvalue weighted by Crippen LogP contribution is 2.33. The lowest BCUT2D eigenvalue weighted by Gasteiger charge is -2.27. The first-order valence-electron chi connectivity index (χ1n) is 6.57. The van der Waals surface area contributed by atoms with Crippen LogP contribution < -0.4 is 20.7 Å². The molecule has 104 valence electrons. The van der Waals surface area contributed by atoms with Crippen molar-refractivity contribution >= 4 is 11.6 Å². The average molecular weight is 263 g/mol. The predicted octanol–water partition coefficient (Wildman–Crippen LogP) is 1.04. The maximum atomic E-state index is 11.7. The number of methoxy groups -OCH3 is 1. The third-order valence-electron chi connectivity index (χ3n) is 3.32. The van der Waals surface area contributed by atoms with Crippen LogP contribution >= 0.6 is 0 Å². The van der Waals surface area contributed by atoms with E-state index in [4.69, 9.17) is 10.5 Å². The summed E-state index contributed by atoms with van der Waals surface area (Å²) in [5.41, 5.74) is 8.01. The van der Waals surface area contributed by atoms with Gasteiger partial charge in [0.25, 0.3) is 0 Å². The molecule has 5 heteroatoms. The van der Waals surface area contributed by atoms with E-state index in [9.17, 15) is 4.79 Å². The van der Waals surface area contributed by atoms with Crippen molar-refractivity contribution < 1.29 is 9.53 Å². The second kappa shape index (κ2) is 5.93. The molecule has 1 heterocycles. The van der Waals surface area contributed by atoms with Gasteiger partial charge in [0.1, 0.15) is 5.75 Å². The quantitative estimate of drug-likeness (QED) is 0.855. The van der Waals surface area contributed by atoms with Gasteiger partial charge in [0, 0.05) is 30.4 Å². The number of carbonyl (C=O) groups excluding carboxylic acids is 1. The molecule has 1 saturated heterocycles. The molecule has 1 amide bonds. The topological polar surface area (TPSA) is 67.6 Å². The summed E-state index contributed by atoms with van der Waals surface area (Å²) in [6.07, 6.45) is 0.932. The maximum absolute atomic E-state index is 11.7. The number of ether oxygens (including phenoxy) is 1. The van der Waals surface area contributed by atoms with E-state index >= 15 is 0 Å². The molecule has 1 fully saturated rings. The fourth-order valence-corrected chi connectivity index (χ4v) is 2.46. The molecule has 1 aromatic carbocycles. The van der Waals surface area contributed by atoms with Crippen LogP contribution in [-0.4, -0.2) is 32.7 Å². The molecule has 0 aromatic heterocycles. The van der Waals surface area contributed by atoms with Crippen LogP contribution in [0, 0.1) is 0 Å². The maximum Gasteiger partial charge on any atom is 0.239 e. The molecule has 1 aliphatic rings. The third kappa shape index (κ3) is 2.98. The van der Waals surface area contributed by atoms with Crippen LogP contribution in [0.25, 0.3) is 0 Å². The third-order valence-corrected chi connectivity index (χ3v) is 3.32. The molecular formula is C14H21N3O2. The van der Waals surface area contributed by atoms with Gasteiger partial charge in [-0.3, -0.25) is 4.79 Å². The van der Waals surface area contributed by atoms with E-state index in [2.05, 4.69) is 10.2 Å². The summed E-state index contributed by atoms with van der Waals surface area (Å²) in [6, 6.07) is 5.69. The SMILES string of the molecule is COc1cccc(N2CCCNC(=O)C2)c1[C@H](C)N. The van der Waals surface area contributed by atoms with Gasteiger partial charge in [-0.2, -0.15) is 0 Å². The van der Waals surface area contributed by atoms with Gasteiger partial charge in [-0.25, -0.2) is 0 Å². The number of carbonyl (C=O) groups is 1. The molecule has 1 atom stereocenters. The molecule has 0 bridgehead atoms. The zero-order valence-electron chi connectivity index (χ0n) is 11.5. The number of nitrogens with two attached hydrogens (primary N) is 1. The highest BCUT2D eigenvalue weighted by atomic mass is 16.5. The summed E-state index contributed by atoms with van der Waals surface area (Å²) in [5, 5.41) is 2.88. The molecule has 1 aromatic rings. The number of rotatable bonds is 3. The number of hydrogen-bond acceptors (Lipinski definition) is 4. The summed E-state index contributed by atoms with van der Waals surface area (Å²) in [7, 11) is 1.64. The van der Waals surface area contributed by atoms with Crippen LogP contribution in [0.1, 0.15) is 24.9 Å². The van der Waals surface area contributed by atoms with Crippen LogP contribution in [-0.2, 0) is 4.79 Å². The van der Waals surface area contributed by atoms with E-state index in [1.807, 2.05) is 25.1 Å². The van der Waals surface area contributed by atoms with Gasteiger partial charge in [-0.1, -0.05) is 6.07 Å². The standard InChI is InChI=1S/C14H21N3O2/c1-10(15)14-11(5-3-6-12(14)19-2)17-8-4-7-16-13(18)9-17/h3,5-6,10H,4,7-9,15H2,1-2H3,(H,16,18)/t10-/m0/s1. The van der Waals surface area contributed by atoms with Crippen molar-refractivity contribution in [1.29, 1.82) is 0 Å². The first-order valence-corrected chi connectivity index (χ1v) is 6.57. The molecule has 0 unspecified atom stereocenters. The second-order valence-electron chi connectivity index (χ2n) is 4.81. The second-order valence-corrected chi connectivity index (χ2v) is 4.81. The van der Waals surface area contributed by atoms with Crippen molar-refractivity contribution in [3.63, 3.8) is 0 Å². The van der Waals surface area contributed by atoms with Crippen LogP contribution in [0.4, 0.5) is 5.69 Å². The Morgan fingerprint density at radius 2 is 2.26 bits per heavy atom. The van der Waals surface area contributed by atoms with E-state index in [1.54, 1.807) is 7.11 Å². The lowest BCUT2D eigenvalue weighted by atomic mass is 10.0. The van der Waals surface area contributed by atoms with E-state index in [-0.39, 0.29) is 11.9 Å². The van der Waals surface area contributed by atoms with E-state index in [0.717, 1.165) is 36.5 Å². The minimum atomic E-state index is -0.141. The van der Waals surface area contributed by atoms with E-state index in [0.29, 0.717) is 6.54 Å². The normalized spacial score (nSPS) is 17.6. The van der Waals surface area contributed by atoms with Crippen molar-refractivity contribution in [2.75, 3.05) is 31.6 Å². The van der Waals surface area contributed by atoms with Crippen molar-refractivity contribution in [2.45, 2.75) is 19.4 Å². The Balaban J connectivity index is 2.39. The number of hydrogen-bond donors (Lipinski definition) is 2. The van der Waals surface area contributed by atoms with Gasteiger partial charge in [0.05, 0.1) is 13.7 Å². The Morgan fingerprint density at radius 3 is 2.95 bits per heavy atom. The number of benzene rings is 1. The molecule has 0 spiro atoms. The van der Waals surface area contributed by atoms with E-state index in [1.165, 1.54) is 0 Å². The van der Waals surface area contributed by atoms with E-state index < -0.39 is 0 Å². The minimum Gasteiger partial charge on any atom is -0.496 e. The summed E-state index contributed by atoms with van der Waals surface area (Å²) in [6.45, 7) is 3.87. The van der Waals surface area contributed by atoms with Crippen LogP contribution in [0.3, 0.4) is 0 Å². The Kier molecular flexibility index (Phi) is 4.27. The van der Waals surface area contributed by atoms with Crippen molar-refractivity contribution in [2.24, 2.45) is 5.73 Å². The fraction of sp³-hybridized carbons (Fsp3) is 0.500. The Hall–Kier alpha value is -1.75. The van der Waals surface area contributed by atoms with Crippen molar-refractivity contribution in [3.05, 3.63) is 23.8 Å². The first-order chi connectivity index (χ1) is 9.13. The number of nitrogens with one attached hydrogen (secondary N) is 1. The molecule has 0 radical (unpaired) electrons. The average Bonchev–Trinajstić information content (AvgIpc) is 2.62. The molecule has 2 rings (SSSR count). The molecule has 3 N–H and O–H groups in total. The summed E-state index contributed by atoms with van der Waals surface area (Å²) >= 11 is 0. The van der Waals surface area contributed by atoms with Crippen LogP contribution in [0.5, 0.6) is 5.75 Å². The van der Waals surface area contributed by atoms with Crippen LogP contribution in [0.15, 0.2) is 18.2 Å². The lowest BCUT2D eigenvalue weighted by Crippen LogP contribution is -2.34. The summed E-state index contributed by atoms with van der Waals surface area (Å²) < 4.78 is 5.39. The van der Waals surface area contributed by atoms with Gasteiger partial charge in [-0.05, 0) is 25.5 Å². The van der Waals surface area contributed by atoms with Gasteiger partial charge < -0.3 is 20.7 Å².